The molecule has 4 atom stereocenters. The number of benzene rings is 4. The topological polar surface area (TPSA) is 59.1 Å². The first kappa shape index (κ1) is 26.4. The Balaban J connectivity index is 1.36. The molecule has 6 heteroatoms. The summed E-state index contributed by atoms with van der Waals surface area (Å²) >= 11 is 0. The molecule has 3 heterocycles. The van der Waals surface area contributed by atoms with Gasteiger partial charge in [-0.05, 0) is 61.1 Å². The van der Waals surface area contributed by atoms with Crippen molar-refractivity contribution in [2.45, 2.75) is 68.6 Å². The first-order valence-electron chi connectivity index (χ1n) is 15.1. The third kappa shape index (κ3) is 3.66. The van der Waals surface area contributed by atoms with Gasteiger partial charge < -0.3 is 19.3 Å². The van der Waals surface area contributed by atoms with Crippen LogP contribution >= 0.6 is 0 Å². The number of anilines is 2. The second-order valence-corrected chi connectivity index (χ2v) is 12.7. The average Bonchev–Trinajstić information content (AvgIpc) is 3.54. The Morgan fingerprint density at radius 2 is 0.953 bits per heavy atom. The summed E-state index contributed by atoms with van der Waals surface area (Å²) in [5.41, 5.74) is 3.26. The number of carbonyl (C=O) groups is 2. The zero-order valence-electron chi connectivity index (χ0n) is 24.4. The van der Waals surface area contributed by atoms with Gasteiger partial charge in [-0.15, -0.1) is 0 Å². The quantitative estimate of drug-likeness (QED) is 0.290. The molecule has 0 bridgehead atoms. The lowest BCUT2D eigenvalue weighted by Crippen LogP contribution is -2.65. The average molecular weight is 571 g/mol. The molecule has 1 saturated carbocycles. The third-order valence-corrected chi connectivity index (χ3v) is 9.93. The van der Waals surface area contributed by atoms with Gasteiger partial charge in [0.2, 0.25) is 11.8 Å². The number of fused-ring (bicyclic) bond motifs is 6. The summed E-state index contributed by atoms with van der Waals surface area (Å²) in [4.78, 5) is 34.5. The summed E-state index contributed by atoms with van der Waals surface area (Å²) < 4.78 is 13.0. The predicted molar refractivity (Wildman–Crippen MR) is 165 cm³/mol. The highest BCUT2D eigenvalue weighted by Crippen LogP contribution is 2.66. The van der Waals surface area contributed by atoms with Crippen LogP contribution in [-0.4, -0.2) is 29.8 Å². The fraction of sp³-hybridized carbons (Fsp3) is 0.297. The van der Waals surface area contributed by atoms with Crippen LogP contribution in [0.1, 0.15) is 48.9 Å². The largest absolute Gasteiger partial charge is 0.345 e. The number of rotatable bonds is 4. The maximum Gasteiger partial charge on any atom is 0.239 e. The Hall–Kier alpha value is -4.26. The zero-order chi connectivity index (χ0) is 29.4. The van der Waals surface area contributed by atoms with Gasteiger partial charge >= 0.3 is 0 Å². The Bertz CT molecular complexity index is 1610. The Kier molecular flexibility index (Phi) is 5.75. The van der Waals surface area contributed by atoms with Crippen molar-refractivity contribution in [2.24, 2.45) is 0 Å². The molecule has 0 aromatic heterocycles. The molecule has 6 nitrogen and oxygen atoms in total. The summed E-state index contributed by atoms with van der Waals surface area (Å²) in [5.74, 6) is -0.902. The summed E-state index contributed by atoms with van der Waals surface area (Å²) in [7, 11) is 0. The van der Waals surface area contributed by atoms with E-state index in [1.54, 1.807) is 0 Å². The van der Waals surface area contributed by atoms with Crippen LogP contribution in [0.25, 0.3) is 0 Å². The molecule has 1 saturated heterocycles. The molecule has 0 unspecified atom stereocenters. The summed E-state index contributed by atoms with van der Waals surface area (Å²) in [6.45, 7) is 4.69. The highest BCUT2D eigenvalue weighted by atomic mass is 16.8. The van der Waals surface area contributed by atoms with Gasteiger partial charge in [0.1, 0.15) is 0 Å². The van der Waals surface area contributed by atoms with E-state index in [1.807, 2.05) is 121 Å². The minimum absolute atomic E-state index is 0.0472. The Morgan fingerprint density at radius 1 is 0.581 bits per heavy atom. The number of ether oxygens (including phenoxy) is 2. The van der Waals surface area contributed by atoms with E-state index in [2.05, 4.69) is 12.1 Å². The minimum Gasteiger partial charge on any atom is -0.345 e. The van der Waals surface area contributed by atoms with Gasteiger partial charge in [-0.25, -0.2) is 0 Å². The normalized spacial score (nSPS) is 28.4. The number of carbonyl (C=O) groups excluding carboxylic acids is 2. The van der Waals surface area contributed by atoms with Crippen LogP contribution in [0.2, 0.25) is 0 Å². The van der Waals surface area contributed by atoms with E-state index in [9.17, 15) is 0 Å². The molecular formula is C37H34N2O4. The van der Waals surface area contributed by atoms with Crippen LogP contribution in [-0.2, 0) is 43.0 Å². The van der Waals surface area contributed by atoms with Gasteiger partial charge in [-0.2, -0.15) is 0 Å². The number of nitrogens with zero attached hydrogens (tertiary/aromatic N) is 2. The molecule has 3 aliphatic heterocycles. The van der Waals surface area contributed by atoms with Gasteiger partial charge in [0.25, 0.3) is 0 Å². The molecule has 1 aliphatic carbocycles. The van der Waals surface area contributed by atoms with E-state index in [0.29, 0.717) is 25.9 Å². The van der Waals surface area contributed by atoms with Crippen molar-refractivity contribution in [2.75, 3.05) is 9.80 Å². The van der Waals surface area contributed by atoms with Crippen LogP contribution in [0.5, 0.6) is 0 Å². The lowest BCUT2D eigenvalue weighted by Gasteiger charge is -2.50. The molecular weight excluding hydrogens is 536 g/mol. The molecule has 8 rings (SSSR count). The number of amides is 2. The molecule has 0 radical (unpaired) electrons. The summed E-state index contributed by atoms with van der Waals surface area (Å²) in [6, 6.07) is 36.2. The van der Waals surface area contributed by atoms with Gasteiger partial charge in [-0.1, -0.05) is 97.1 Å². The third-order valence-electron chi connectivity index (χ3n) is 9.93. The monoisotopic (exact) mass is 570 g/mol. The first-order valence-corrected chi connectivity index (χ1v) is 15.1. The molecule has 4 aromatic rings. The van der Waals surface area contributed by atoms with Crippen molar-refractivity contribution in [1.82, 2.24) is 0 Å². The van der Waals surface area contributed by atoms with Crippen LogP contribution in [0, 0.1) is 0 Å². The standard InChI is InChI=1S/C37H34N2O4/c1-35(2)42-31-21-36(27-17-9-11-19-29(27)38(33(36)40)23-25-13-5-3-6-14-25)37(22-32(31)43-35)28-18-10-12-20-30(28)39(34(37)41)24-26-15-7-4-8-16-26/h3-20,31-32H,21-24H2,1-2H3/t31-,32-,36-,37+/m0/s1. The van der Waals surface area contributed by atoms with E-state index < -0.39 is 16.6 Å². The molecule has 2 amide bonds. The molecule has 43 heavy (non-hydrogen) atoms. The van der Waals surface area contributed by atoms with Crippen LogP contribution in [0.15, 0.2) is 109 Å². The summed E-state index contributed by atoms with van der Waals surface area (Å²) in [6.07, 6.45) is 0.0815. The summed E-state index contributed by atoms with van der Waals surface area (Å²) in [5, 5.41) is 0. The van der Waals surface area contributed by atoms with E-state index in [1.165, 1.54) is 0 Å². The van der Waals surface area contributed by atoms with E-state index >= 15 is 9.59 Å². The van der Waals surface area contributed by atoms with Crippen molar-refractivity contribution >= 4 is 23.2 Å². The lowest BCUT2D eigenvalue weighted by molar-refractivity contribution is -0.146. The number of para-hydroxylation sites is 2. The lowest BCUT2D eigenvalue weighted by atomic mass is 9.50. The Morgan fingerprint density at radius 3 is 1.37 bits per heavy atom. The van der Waals surface area contributed by atoms with Gasteiger partial charge in [0.15, 0.2) is 5.79 Å². The smallest absolute Gasteiger partial charge is 0.239 e. The maximum atomic E-state index is 15.3. The SMILES string of the molecule is CC1(C)O[C@H]2C[C@@]3(C(=O)N(Cc4ccccc4)c4ccccc43)[C@]3(C[C@@H]2O1)C(=O)N(Cc1ccccc1)c1ccccc13. The minimum atomic E-state index is -1.16. The fourth-order valence-corrected chi connectivity index (χ4v) is 8.32. The molecule has 216 valence electrons. The molecule has 0 N–H and O–H groups in total. The van der Waals surface area contributed by atoms with Gasteiger partial charge in [-0.3, -0.25) is 9.59 Å². The second kappa shape index (κ2) is 9.37. The van der Waals surface area contributed by atoms with Crippen LogP contribution < -0.4 is 9.80 Å². The molecule has 2 spiro atoms. The number of hydrogen-bond acceptors (Lipinski definition) is 4. The van der Waals surface area contributed by atoms with E-state index in [-0.39, 0.29) is 24.0 Å². The van der Waals surface area contributed by atoms with Gasteiger partial charge in [0.05, 0.1) is 36.1 Å². The van der Waals surface area contributed by atoms with Crippen LogP contribution in [0.3, 0.4) is 0 Å². The highest BCUT2D eigenvalue weighted by molar-refractivity contribution is 6.19. The number of hydrogen-bond donors (Lipinski definition) is 0. The molecule has 4 aliphatic rings. The van der Waals surface area contributed by atoms with Crippen molar-refractivity contribution in [3.05, 3.63) is 131 Å². The molecule has 4 aromatic carbocycles. The maximum absolute atomic E-state index is 15.3. The second-order valence-electron chi connectivity index (χ2n) is 12.7. The van der Waals surface area contributed by atoms with Crippen molar-refractivity contribution in [1.29, 1.82) is 0 Å². The van der Waals surface area contributed by atoms with E-state index in [4.69, 9.17) is 9.47 Å². The molecule has 2 fully saturated rings. The predicted octanol–water partition coefficient (Wildman–Crippen LogP) is 6.27. The van der Waals surface area contributed by atoms with Crippen molar-refractivity contribution in [3.8, 4) is 0 Å². The van der Waals surface area contributed by atoms with Gasteiger partial charge in [0, 0.05) is 11.4 Å². The highest BCUT2D eigenvalue weighted by Gasteiger charge is 2.75. The fourth-order valence-electron chi connectivity index (χ4n) is 8.32. The van der Waals surface area contributed by atoms with Crippen molar-refractivity contribution in [3.63, 3.8) is 0 Å². The first-order chi connectivity index (χ1) is 20.8. The van der Waals surface area contributed by atoms with Crippen LogP contribution in [0.4, 0.5) is 11.4 Å². The van der Waals surface area contributed by atoms with E-state index in [0.717, 1.165) is 33.6 Å². The Labute approximate surface area is 251 Å². The van der Waals surface area contributed by atoms with Crippen molar-refractivity contribution < 1.29 is 19.1 Å². The zero-order valence-corrected chi connectivity index (χ0v) is 24.4.